The summed E-state index contributed by atoms with van der Waals surface area (Å²) in [6, 6.07) is 23.5. The van der Waals surface area contributed by atoms with E-state index in [1.807, 2.05) is 60.7 Å². The molecule has 0 aliphatic heterocycles. The number of nitrogens with one attached hydrogen (secondary N) is 1. The van der Waals surface area contributed by atoms with E-state index in [4.69, 9.17) is 11.6 Å². The molecular formula is C21H17ClN2O3. The van der Waals surface area contributed by atoms with Crippen molar-refractivity contribution in [2.24, 2.45) is 0 Å². The van der Waals surface area contributed by atoms with E-state index in [-0.39, 0.29) is 34.6 Å². The maximum atomic E-state index is 12.7. The number of anilines is 1. The molecule has 136 valence electrons. The van der Waals surface area contributed by atoms with Crippen LogP contribution in [0.4, 0.5) is 11.4 Å². The van der Waals surface area contributed by atoms with E-state index in [9.17, 15) is 14.9 Å². The van der Waals surface area contributed by atoms with Gasteiger partial charge in [0.1, 0.15) is 0 Å². The van der Waals surface area contributed by atoms with E-state index in [1.165, 1.54) is 18.2 Å². The third kappa shape index (κ3) is 4.71. The van der Waals surface area contributed by atoms with Crippen molar-refractivity contribution in [3.8, 4) is 0 Å². The van der Waals surface area contributed by atoms with Gasteiger partial charge in [0.2, 0.25) is 5.91 Å². The molecule has 0 heterocycles. The number of hydrogen-bond donors (Lipinski definition) is 1. The molecule has 27 heavy (non-hydrogen) atoms. The minimum absolute atomic E-state index is 0.127. The topological polar surface area (TPSA) is 72.2 Å². The minimum Gasteiger partial charge on any atom is -0.325 e. The molecular weight excluding hydrogens is 364 g/mol. The second kappa shape index (κ2) is 8.47. The highest BCUT2D eigenvalue weighted by Crippen LogP contribution is 2.30. The maximum Gasteiger partial charge on any atom is 0.271 e. The van der Waals surface area contributed by atoms with Gasteiger partial charge in [-0.1, -0.05) is 72.3 Å². The summed E-state index contributed by atoms with van der Waals surface area (Å²) in [6.07, 6.45) is 0.188. The van der Waals surface area contributed by atoms with E-state index in [1.54, 1.807) is 0 Å². The second-order valence-electron chi connectivity index (χ2n) is 6.05. The molecule has 0 aliphatic carbocycles. The van der Waals surface area contributed by atoms with Gasteiger partial charge in [-0.2, -0.15) is 0 Å². The zero-order chi connectivity index (χ0) is 19.2. The summed E-state index contributed by atoms with van der Waals surface area (Å²) in [6.45, 7) is 0. The van der Waals surface area contributed by atoms with Crippen LogP contribution in [0.1, 0.15) is 23.5 Å². The molecule has 3 aromatic rings. The van der Waals surface area contributed by atoms with Gasteiger partial charge in [0.25, 0.3) is 5.69 Å². The molecule has 0 aliphatic rings. The molecule has 0 spiro atoms. The Labute approximate surface area is 161 Å². The molecule has 0 atom stereocenters. The van der Waals surface area contributed by atoms with Gasteiger partial charge in [0, 0.05) is 24.5 Å². The average molecular weight is 381 g/mol. The van der Waals surface area contributed by atoms with E-state index >= 15 is 0 Å². The first-order chi connectivity index (χ1) is 13.0. The molecule has 0 aromatic heterocycles. The predicted molar refractivity (Wildman–Crippen MR) is 106 cm³/mol. The Balaban J connectivity index is 1.84. The number of nitro groups is 1. The van der Waals surface area contributed by atoms with E-state index < -0.39 is 4.92 Å². The van der Waals surface area contributed by atoms with Crippen molar-refractivity contribution in [1.82, 2.24) is 0 Å². The van der Waals surface area contributed by atoms with Gasteiger partial charge >= 0.3 is 0 Å². The lowest BCUT2D eigenvalue weighted by Crippen LogP contribution is -2.17. The quantitative estimate of drug-likeness (QED) is 0.459. The number of hydrogen-bond acceptors (Lipinski definition) is 3. The number of rotatable bonds is 6. The molecule has 1 N–H and O–H groups in total. The van der Waals surface area contributed by atoms with Crippen molar-refractivity contribution in [1.29, 1.82) is 0 Å². The lowest BCUT2D eigenvalue weighted by Gasteiger charge is -2.18. The number of carbonyl (C=O) groups is 1. The molecule has 0 fully saturated rings. The molecule has 6 heteroatoms. The SMILES string of the molecule is O=C(CC(c1ccccc1)c1ccccc1)Nc1cc([N+](=O)[O-])ccc1Cl. The smallest absolute Gasteiger partial charge is 0.271 e. The van der Waals surface area contributed by atoms with Crippen LogP contribution in [0.15, 0.2) is 78.9 Å². The average Bonchev–Trinajstić information content (AvgIpc) is 2.69. The molecule has 1 amide bonds. The van der Waals surface area contributed by atoms with Gasteiger partial charge in [-0.3, -0.25) is 14.9 Å². The normalized spacial score (nSPS) is 10.6. The summed E-state index contributed by atoms with van der Waals surface area (Å²) in [5.74, 6) is -0.403. The third-order valence-electron chi connectivity index (χ3n) is 4.23. The molecule has 3 aromatic carbocycles. The van der Waals surface area contributed by atoms with Gasteiger partial charge in [0.15, 0.2) is 0 Å². The number of benzene rings is 3. The Morgan fingerprint density at radius 2 is 1.52 bits per heavy atom. The van der Waals surface area contributed by atoms with Crippen LogP contribution in [-0.2, 0) is 4.79 Å². The van der Waals surface area contributed by atoms with Crippen LogP contribution in [0.2, 0.25) is 5.02 Å². The Kier molecular flexibility index (Phi) is 5.84. The summed E-state index contributed by atoms with van der Waals surface area (Å²) >= 11 is 6.08. The highest BCUT2D eigenvalue weighted by molar-refractivity contribution is 6.33. The Bertz CT molecular complexity index is 907. The van der Waals surface area contributed by atoms with Crippen LogP contribution in [0.3, 0.4) is 0 Å². The van der Waals surface area contributed by atoms with Crippen molar-refractivity contribution >= 4 is 28.9 Å². The maximum absolute atomic E-state index is 12.7. The number of nitro benzene ring substituents is 1. The highest BCUT2D eigenvalue weighted by Gasteiger charge is 2.19. The Morgan fingerprint density at radius 3 is 2.04 bits per heavy atom. The zero-order valence-electron chi connectivity index (χ0n) is 14.3. The van der Waals surface area contributed by atoms with Crippen LogP contribution < -0.4 is 5.32 Å². The number of halogens is 1. The number of amides is 1. The van der Waals surface area contributed by atoms with Crippen LogP contribution >= 0.6 is 11.6 Å². The van der Waals surface area contributed by atoms with Gasteiger partial charge in [-0.05, 0) is 17.2 Å². The van der Waals surface area contributed by atoms with E-state index in [0.717, 1.165) is 11.1 Å². The lowest BCUT2D eigenvalue weighted by atomic mass is 9.88. The third-order valence-corrected chi connectivity index (χ3v) is 4.56. The Morgan fingerprint density at radius 1 is 0.963 bits per heavy atom. The fraction of sp³-hybridized carbons (Fsp3) is 0.0952. The van der Waals surface area contributed by atoms with Gasteiger partial charge < -0.3 is 5.32 Å². The first-order valence-corrected chi connectivity index (χ1v) is 8.76. The van der Waals surface area contributed by atoms with Crippen LogP contribution in [0, 0.1) is 10.1 Å². The summed E-state index contributed by atoms with van der Waals surface area (Å²) in [4.78, 5) is 23.1. The van der Waals surface area contributed by atoms with Crippen molar-refractivity contribution in [3.05, 3.63) is 105 Å². The largest absolute Gasteiger partial charge is 0.325 e. The second-order valence-corrected chi connectivity index (χ2v) is 6.45. The standard InChI is InChI=1S/C21H17ClN2O3/c22-19-12-11-17(24(26)27)13-20(19)23-21(25)14-18(15-7-3-1-4-8-15)16-9-5-2-6-10-16/h1-13,18H,14H2,(H,23,25). The monoisotopic (exact) mass is 380 g/mol. The van der Waals surface area contributed by atoms with E-state index in [0.29, 0.717) is 0 Å². The molecule has 0 unspecified atom stereocenters. The van der Waals surface area contributed by atoms with E-state index in [2.05, 4.69) is 5.32 Å². The first kappa shape index (κ1) is 18.6. The highest BCUT2D eigenvalue weighted by atomic mass is 35.5. The molecule has 5 nitrogen and oxygen atoms in total. The summed E-state index contributed by atoms with van der Waals surface area (Å²) in [5.41, 5.74) is 2.14. The van der Waals surface area contributed by atoms with Crippen LogP contribution in [0.25, 0.3) is 0 Å². The summed E-state index contributed by atoms with van der Waals surface area (Å²) in [5, 5.41) is 13.9. The molecule has 3 rings (SSSR count). The summed E-state index contributed by atoms with van der Waals surface area (Å²) < 4.78 is 0. The van der Waals surface area contributed by atoms with Crippen molar-refractivity contribution in [3.63, 3.8) is 0 Å². The van der Waals surface area contributed by atoms with Crippen molar-refractivity contribution < 1.29 is 9.72 Å². The minimum atomic E-state index is -0.525. The van der Waals surface area contributed by atoms with Gasteiger partial charge in [0.05, 0.1) is 15.6 Å². The fourth-order valence-electron chi connectivity index (χ4n) is 2.91. The van der Waals surface area contributed by atoms with Crippen molar-refractivity contribution in [2.75, 3.05) is 5.32 Å². The summed E-state index contributed by atoms with van der Waals surface area (Å²) in [7, 11) is 0. The molecule has 0 saturated carbocycles. The lowest BCUT2D eigenvalue weighted by molar-refractivity contribution is -0.384. The predicted octanol–water partition coefficient (Wildman–Crippen LogP) is 5.41. The number of nitrogens with zero attached hydrogens (tertiary/aromatic N) is 1. The molecule has 0 radical (unpaired) electrons. The zero-order valence-corrected chi connectivity index (χ0v) is 15.1. The Hall–Kier alpha value is -3.18. The van der Waals surface area contributed by atoms with Crippen LogP contribution in [0.5, 0.6) is 0 Å². The van der Waals surface area contributed by atoms with Crippen LogP contribution in [-0.4, -0.2) is 10.8 Å². The molecule has 0 saturated heterocycles. The van der Waals surface area contributed by atoms with Crippen molar-refractivity contribution in [2.45, 2.75) is 12.3 Å². The fourth-order valence-corrected chi connectivity index (χ4v) is 3.07. The molecule has 0 bridgehead atoms. The number of non-ortho nitro benzene ring substituents is 1. The number of carbonyl (C=O) groups excluding carboxylic acids is 1. The van der Waals surface area contributed by atoms with Gasteiger partial charge in [-0.15, -0.1) is 0 Å². The van der Waals surface area contributed by atoms with Gasteiger partial charge in [-0.25, -0.2) is 0 Å². The first-order valence-electron chi connectivity index (χ1n) is 8.38.